The van der Waals surface area contributed by atoms with Crippen LogP contribution >= 0.6 is 27.5 Å². The highest BCUT2D eigenvalue weighted by Crippen LogP contribution is 2.35. The average molecular weight is 505 g/mol. The Bertz CT molecular complexity index is 1300. The Morgan fingerprint density at radius 2 is 2.19 bits per heavy atom. The second-order valence-corrected chi connectivity index (χ2v) is 7.68. The van der Waals surface area contributed by atoms with Crippen molar-refractivity contribution < 1.29 is 9.66 Å². The zero-order chi connectivity index (χ0) is 22.5. The topological polar surface area (TPSA) is 123 Å². The Kier molecular flexibility index (Phi) is 6.99. The number of rotatable bonds is 7. The fourth-order valence-electron chi connectivity index (χ4n) is 2.88. The van der Waals surface area contributed by atoms with Crippen LogP contribution in [0.25, 0.3) is 10.9 Å². The normalized spacial score (nSPS) is 11.0. The molecule has 0 amide bonds. The fourth-order valence-corrected chi connectivity index (χ4v) is 3.52. The summed E-state index contributed by atoms with van der Waals surface area (Å²) >= 11 is 9.46. The maximum atomic E-state index is 13.0. The first kappa shape index (κ1) is 22.4. The molecule has 0 saturated carbocycles. The van der Waals surface area contributed by atoms with Gasteiger partial charge in [-0.1, -0.05) is 34.5 Å². The smallest absolute Gasteiger partial charge is 0.313 e. The second-order valence-electron chi connectivity index (χ2n) is 6.36. The van der Waals surface area contributed by atoms with Gasteiger partial charge in [-0.15, -0.1) is 0 Å². The number of nitrogens with zero attached hydrogens (tertiary/aromatic N) is 5. The molecule has 0 fully saturated rings. The summed E-state index contributed by atoms with van der Waals surface area (Å²) in [6.07, 6.45) is 2.55. The Morgan fingerprint density at radius 1 is 1.42 bits per heavy atom. The summed E-state index contributed by atoms with van der Waals surface area (Å²) in [6.45, 7) is 1.57. The molecule has 0 unspecified atom stereocenters. The Hall–Kier alpha value is -3.29. The van der Waals surface area contributed by atoms with Crippen LogP contribution in [0.3, 0.4) is 0 Å². The summed E-state index contributed by atoms with van der Waals surface area (Å²) < 4.78 is 6.99. The number of benzene rings is 2. The van der Waals surface area contributed by atoms with Crippen LogP contribution in [0.2, 0.25) is 5.02 Å². The number of fused-ring (bicyclic) bond motifs is 1. The minimum Gasteiger partial charge on any atom is -0.470 e. The number of nitriles is 1. The van der Waals surface area contributed by atoms with E-state index in [0.29, 0.717) is 23.1 Å². The first-order valence-corrected chi connectivity index (χ1v) is 10.3. The van der Waals surface area contributed by atoms with E-state index < -0.39 is 10.6 Å². The third-order valence-corrected chi connectivity index (χ3v) is 4.97. The molecule has 0 saturated heterocycles. The van der Waals surface area contributed by atoms with E-state index in [1.165, 1.54) is 23.0 Å². The molecule has 0 N–H and O–H groups in total. The van der Waals surface area contributed by atoms with E-state index in [4.69, 9.17) is 21.6 Å². The van der Waals surface area contributed by atoms with Crippen molar-refractivity contribution in [3.05, 3.63) is 71.7 Å². The van der Waals surface area contributed by atoms with E-state index in [0.717, 1.165) is 10.9 Å². The number of hydrogen-bond acceptors (Lipinski definition) is 7. The van der Waals surface area contributed by atoms with Crippen molar-refractivity contribution in [2.75, 3.05) is 6.61 Å². The minimum atomic E-state index is -0.667. The average Bonchev–Trinajstić information content (AvgIpc) is 2.73. The first-order chi connectivity index (χ1) is 14.8. The number of hydrogen-bond donors (Lipinski definition) is 0. The highest BCUT2D eigenvalue weighted by molar-refractivity contribution is 9.10. The fraction of sp³-hybridized carbons (Fsp3) is 0.200. The molecule has 0 spiro atoms. The molecule has 0 aliphatic heterocycles. The van der Waals surface area contributed by atoms with E-state index >= 15 is 0 Å². The number of ether oxygens (including phenoxy) is 1. The summed E-state index contributed by atoms with van der Waals surface area (Å²) in [7, 11) is 0. The zero-order valence-electron chi connectivity index (χ0n) is 16.2. The van der Waals surface area contributed by atoms with Gasteiger partial charge in [-0.3, -0.25) is 14.9 Å². The summed E-state index contributed by atoms with van der Waals surface area (Å²) in [5.74, 6) is 0.263. The molecule has 31 heavy (non-hydrogen) atoms. The molecule has 158 valence electrons. The lowest BCUT2D eigenvalue weighted by atomic mass is 10.2. The van der Waals surface area contributed by atoms with Crippen LogP contribution in [0.5, 0.6) is 5.75 Å². The van der Waals surface area contributed by atoms with Crippen molar-refractivity contribution in [1.29, 1.82) is 5.26 Å². The summed E-state index contributed by atoms with van der Waals surface area (Å²) in [5.41, 5.74) is 0.0666. The molecule has 0 aliphatic rings. The largest absolute Gasteiger partial charge is 0.470 e. The van der Waals surface area contributed by atoms with E-state index in [9.17, 15) is 14.9 Å². The van der Waals surface area contributed by atoms with Crippen molar-refractivity contribution in [3.8, 4) is 11.8 Å². The van der Waals surface area contributed by atoms with Crippen LogP contribution in [0, 0.1) is 21.4 Å². The highest BCUT2D eigenvalue weighted by Gasteiger charge is 2.20. The Balaban J connectivity index is 2.11. The van der Waals surface area contributed by atoms with Crippen molar-refractivity contribution in [2.45, 2.75) is 19.8 Å². The predicted octanol–water partition coefficient (Wildman–Crippen LogP) is 4.46. The number of halogens is 2. The standard InChI is InChI=1S/C20H15BrClN5O4/c1-2-3-18-25-16-5-4-13(21)10-14(16)20(28)26(18)24-11-12-8-15(22)19(31-7-6-23)17(9-12)27(29)30/h4-5,8-11H,2-3,7H2,1H3. The van der Waals surface area contributed by atoms with Crippen molar-refractivity contribution >= 4 is 50.3 Å². The van der Waals surface area contributed by atoms with Gasteiger partial charge in [0.1, 0.15) is 11.9 Å². The molecule has 0 atom stereocenters. The van der Waals surface area contributed by atoms with Gasteiger partial charge in [-0.05, 0) is 30.7 Å². The molecule has 3 rings (SSSR count). The maximum Gasteiger partial charge on any atom is 0.313 e. The summed E-state index contributed by atoms with van der Waals surface area (Å²) in [6, 6.07) is 9.55. The monoisotopic (exact) mass is 503 g/mol. The third-order valence-electron chi connectivity index (χ3n) is 4.20. The molecule has 0 bridgehead atoms. The number of nitro benzene ring substituents is 1. The number of nitro groups is 1. The molecular formula is C20H15BrClN5O4. The molecule has 1 heterocycles. The van der Waals surface area contributed by atoms with E-state index in [1.54, 1.807) is 24.3 Å². The molecule has 1 aromatic heterocycles. The van der Waals surface area contributed by atoms with Crippen LogP contribution < -0.4 is 10.3 Å². The predicted molar refractivity (Wildman–Crippen MR) is 120 cm³/mol. The lowest BCUT2D eigenvalue weighted by molar-refractivity contribution is -0.385. The number of aryl methyl sites for hydroxylation is 1. The molecular weight excluding hydrogens is 490 g/mol. The van der Waals surface area contributed by atoms with Gasteiger partial charge in [0, 0.05) is 22.5 Å². The highest BCUT2D eigenvalue weighted by atomic mass is 79.9. The van der Waals surface area contributed by atoms with Gasteiger partial charge in [0.15, 0.2) is 6.61 Å². The number of aromatic nitrogens is 2. The van der Waals surface area contributed by atoms with Crippen molar-refractivity contribution in [3.63, 3.8) is 0 Å². The van der Waals surface area contributed by atoms with Crippen LogP contribution in [0.4, 0.5) is 5.69 Å². The SMILES string of the molecule is CCCc1nc2ccc(Br)cc2c(=O)n1N=Cc1cc(Cl)c(OCC#N)c([N+](=O)[O-])c1. The van der Waals surface area contributed by atoms with Crippen LogP contribution in [0.1, 0.15) is 24.7 Å². The quantitative estimate of drug-likeness (QED) is 0.266. The molecule has 9 nitrogen and oxygen atoms in total. The lowest BCUT2D eigenvalue weighted by Crippen LogP contribution is -2.22. The molecule has 0 aliphatic carbocycles. The Labute approximate surface area is 189 Å². The van der Waals surface area contributed by atoms with E-state index in [2.05, 4.69) is 26.0 Å². The zero-order valence-corrected chi connectivity index (χ0v) is 18.6. The van der Waals surface area contributed by atoms with Gasteiger partial charge in [-0.25, -0.2) is 4.98 Å². The van der Waals surface area contributed by atoms with Crippen LogP contribution in [0.15, 0.2) is 44.7 Å². The van der Waals surface area contributed by atoms with Gasteiger partial charge in [0.05, 0.1) is 27.1 Å². The van der Waals surface area contributed by atoms with Crippen molar-refractivity contribution in [2.24, 2.45) is 5.10 Å². The summed E-state index contributed by atoms with van der Waals surface area (Å²) in [4.78, 5) is 28.3. The first-order valence-electron chi connectivity index (χ1n) is 9.09. The molecule has 0 radical (unpaired) electrons. The third kappa shape index (κ3) is 4.90. The van der Waals surface area contributed by atoms with Crippen LogP contribution in [-0.2, 0) is 6.42 Å². The van der Waals surface area contributed by atoms with Crippen LogP contribution in [-0.4, -0.2) is 27.4 Å². The minimum absolute atomic E-state index is 0.0485. The van der Waals surface area contributed by atoms with Gasteiger partial charge >= 0.3 is 5.69 Å². The van der Waals surface area contributed by atoms with Crippen molar-refractivity contribution in [1.82, 2.24) is 9.66 Å². The second kappa shape index (κ2) is 9.68. The van der Waals surface area contributed by atoms with E-state index in [1.807, 2.05) is 6.92 Å². The van der Waals surface area contributed by atoms with Gasteiger partial charge < -0.3 is 4.74 Å². The molecule has 2 aromatic carbocycles. The lowest BCUT2D eigenvalue weighted by Gasteiger charge is -2.09. The summed E-state index contributed by atoms with van der Waals surface area (Å²) in [5, 5.41) is 24.6. The molecule has 3 aromatic rings. The van der Waals surface area contributed by atoms with Gasteiger partial charge in [0.2, 0.25) is 5.75 Å². The van der Waals surface area contributed by atoms with Gasteiger partial charge in [-0.2, -0.15) is 15.0 Å². The Morgan fingerprint density at radius 3 is 2.87 bits per heavy atom. The van der Waals surface area contributed by atoms with Gasteiger partial charge in [0.25, 0.3) is 5.56 Å². The van der Waals surface area contributed by atoms with E-state index in [-0.39, 0.29) is 28.5 Å². The maximum absolute atomic E-state index is 13.0. The molecule has 11 heteroatoms.